The standard InChI is InChI=1S/C24H39N3O6S/c1-17(2)27(23(29)33-24(4,5)6)16-19-9-8-14-26(15-19)22(28)18(3)25-34(30,31)21-12-10-20(32-7)11-13-21/h10-13,17-19,25H,8-9,14-16H2,1-7H3/t18-,19?/m0/s1. The van der Waals surface area contributed by atoms with Gasteiger partial charge in [0, 0.05) is 25.7 Å². The summed E-state index contributed by atoms with van der Waals surface area (Å²) >= 11 is 0. The molecule has 0 saturated carbocycles. The fraction of sp³-hybridized carbons (Fsp3) is 0.667. The van der Waals surface area contributed by atoms with Crippen LogP contribution in [0.5, 0.6) is 5.75 Å². The third-order valence-electron chi connectivity index (χ3n) is 5.61. The van der Waals surface area contributed by atoms with Gasteiger partial charge in [-0.25, -0.2) is 13.2 Å². The molecule has 1 aromatic carbocycles. The average molecular weight is 498 g/mol. The first-order valence-corrected chi connectivity index (χ1v) is 13.2. The molecular formula is C24H39N3O6S. The Hall–Kier alpha value is -2.33. The van der Waals surface area contributed by atoms with E-state index < -0.39 is 21.7 Å². The summed E-state index contributed by atoms with van der Waals surface area (Å²) in [4.78, 5) is 29.2. The van der Waals surface area contributed by atoms with E-state index in [9.17, 15) is 18.0 Å². The number of methoxy groups -OCH3 is 1. The Labute approximate surface area is 203 Å². The number of nitrogens with one attached hydrogen (secondary N) is 1. The minimum Gasteiger partial charge on any atom is -0.497 e. The van der Waals surface area contributed by atoms with Crippen molar-refractivity contribution < 1.29 is 27.5 Å². The highest BCUT2D eigenvalue weighted by Crippen LogP contribution is 2.22. The number of piperidine rings is 1. The number of likely N-dealkylation sites (tertiary alicyclic amines) is 1. The van der Waals surface area contributed by atoms with E-state index in [1.807, 2.05) is 34.6 Å². The molecule has 1 aliphatic rings. The fourth-order valence-electron chi connectivity index (χ4n) is 3.89. The van der Waals surface area contributed by atoms with Gasteiger partial charge in [0.05, 0.1) is 18.0 Å². The number of nitrogens with zero attached hydrogens (tertiary/aromatic N) is 2. The highest BCUT2D eigenvalue weighted by atomic mass is 32.2. The van der Waals surface area contributed by atoms with Crippen LogP contribution >= 0.6 is 0 Å². The second-order valence-corrected chi connectivity index (χ2v) is 11.8. The number of hydrogen-bond acceptors (Lipinski definition) is 6. The quantitative estimate of drug-likeness (QED) is 0.591. The number of rotatable bonds is 8. The van der Waals surface area contributed by atoms with E-state index in [-0.39, 0.29) is 28.9 Å². The van der Waals surface area contributed by atoms with Gasteiger partial charge in [0.15, 0.2) is 0 Å². The summed E-state index contributed by atoms with van der Waals surface area (Å²) in [7, 11) is -2.36. The zero-order valence-corrected chi connectivity index (χ0v) is 22.1. The predicted molar refractivity (Wildman–Crippen MR) is 130 cm³/mol. The molecule has 9 nitrogen and oxygen atoms in total. The van der Waals surface area contributed by atoms with Crippen molar-refractivity contribution in [3.63, 3.8) is 0 Å². The lowest BCUT2D eigenvalue weighted by Crippen LogP contribution is -2.52. The summed E-state index contributed by atoms with van der Waals surface area (Å²) in [5, 5.41) is 0. The summed E-state index contributed by atoms with van der Waals surface area (Å²) in [6.45, 7) is 12.4. The molecule has 1 saturated heterocycles. The van der Waals surface area contributed by atoms with Crippen molar-refractivity contribution in [2.45, 2.75) is 77.0 Å². The fourth-order valence-corrected chi connectivity index (χ4v) is 5.09. The molecule has 2 atom stereocenters. The van der Waals surface area contributed by atoms with Crippen LogP contribution in [0, 0.1) is 5.92 Å². The van der Waals surface area contributed by atoms with Gasteiger partial charge in [-0.1, -0.05) is 0 Å². The van der Waals surface area contributed by atoms with Gasteiger partial charge in [-0.2, -0.15) is 4.72 Å². The molecule has 2 rings (SSSR count). The van der Waals surface area contributed by atoms with Crippen LogP contribution in [0.1, 0.15) is 54.4 Å². The minimum absolute atomic E-state index is 0.0452. The third-order valence-corrected chi connectivity index (χ3v) is 7.17. The van der Waals surface area contributed by atoms with E-state index in [2.05, 4.69) is 4.72 Å². The van der Waals surface area contributed by atoms with E-state index in [1.165, 1.54) is 19.2 Å². The molecule has 0 bridgehead atoms. The third kappa shape index (κ3) is 7.87. The largest absolute Gasteiger partial charge is 0.497 e. The van der Waals surface area contributed by atoms with Crippen LogP contribution in [0.25, 0.3) is 0 Å². The van der Waals surface area contributed by atoms with Gasteiger partial charge in [-0.15, -0.1) is 0 Å². The zero-order chi connectivity index (χ0) is 25.7. The Kier molecular flexibility index (Phi) is 9.36. The summed E-state index contributed by atoms with van der Waals surface area (Å²) in [6.07, 6.45) is 1.29. The van der Waals surface area contributed by atoms with Crippen molar-refractivity contribution in [1.29, 1.82) is 0 Å². The summed E-state index contributed by atoms with van der Waals surface area (Å²) in [5.41, 5.74) is -0.588. The normalized spacial score (nSPS) is 17.9. The van der Waals surface area contributed by atoms with Crippen molar-refractivity contribution in [2.75, 3.05) is 26.7 Å². The Morgan fingerprint density at radius 3 is 2.32 bits per heavy atom. The number of hydrogen-bond donors (Lipinski definition) is 1. The van der Waals surface area contributed by atoms with Gasteiger partial charge in [0.25, 0.3) is 0 Å². The smallest absolute Gasteiger partial charge is 0.410 e. The van der Waals surface area contributed by atoms with E-state index >= 15 is 0 Å². The van der Waals surface area contributed by atoms with Crippen molar-refractivity contribution in [1.82, 2.24) is 14.5 Å². The summed E-state index contributed by atoms with van der Waals surface area (Å²) in [5.74, 6) is 0.345. The van der Waals surface area contributed by atoms with Crippen molar-refractivity contribution in [2.24, 2.45) is 5.92 Å². The average Bonchev–Trinajstić information content (AvgIpc) is 2.75. The van der Waals surface area contributed by atoms with Gasteiger partial charge in [0.1, 0.15) is 11.4 Å². The molecular weight excluding hydrogens is 458 g/mol. The van der Waals surface area contributed by atoms with Gasteiger partial charge in [-0.05, 0) is 84.6 Å². The van der Waals surface area contributed by atoms with E-state index in [1.54, 1.807) is 28.9 Å². The lowest BCUT2D eigenvalue weighted by atomic mass is 9.96. The van der Waals surface area contributed by atoms with Gasteiger partial charge >= 0.3 is 6.09 Å². The van der Waals surface area contributed by atoms with E-state index in [0.29, 0.717) is 25.4 Å². The lowest BCUT2D eigenvalue weighted by Gasteiger charge is -2.38. The van der Waals surface area contributed by atoms with Crippen LogP contribution in [0.3, 0.4) is 0 Å². The van der Waals surface area contributed by atoms with Crippen LogP contribution in [0.15, 0.2) is 29.2 Å². The van der Waals surface area contributed by atoms with E-state index in [0.717, 1.165) is 12.8 Å². The van der Waals surface area contributed by atoms with Crippen molar-refractivity contribution in [3.05, 3.63) is 24.3 Å². The van der Waals surface area contributed by atoms with Crippen LogP contribution in [-0.2, 0) is 19.6 Å². The zero-order valence-electron chi connectivity index (χ0n) is 21.3. The second kappa shape index (κ2) is 11.4. The SMILES string of the molecule is COc1ccc(S(=O)(=O)N[C@@H](C)C(=O)N2CCCC(CN(C(=O)OC(C)(C)C)C(C)C)C2)cc1. The molecule has 0 spiro atoms. The molecule has 0 radical (unpaired) electrons. The topological polar surface area (TPSA) is 105 Å². The highest BCUT2D eigenvalue weighted by molar-refractivity contribution is 7.89. The molecule has 1 aromatic rings. The predicted octanol–water partition coefficient (Wildman–Crippen LogP) is 3.25. The van der Waals surface area contributed by atoms with Gasteiger partial charge in [-0.3, -0.25) is 4.79 Å². The monoisotopic (exact) mass is 497 g/mol. The summed E-state index contributed by atoms with van der Waals surface area (Å²) < 4.78 is 38.5. The number of carbonyl (C=O) groups is 2. The Morgan fingerprint density at radius 2 is 1.79 bits per heavy atom. The molecule has 0 aromatic heterocycles. The molecule has 1 fully saturated rings. The first-order valence-electron chi connectivity index (χ1n) is 11.7. The van der Waals surface area contributed by atoms with Crippen LogP contribution in [-0.4, -0.2) is 74.6 Å². The Morgan fingerprint density at radius 1 is 1.18 bits per heavy atom. The van der Waals surface area contributed by atoms with Gasteiger partial charge < -0.3 is 19.3 Å². The van der Waals surface area contributed by atoms with Crippen LogP contribution in [0.2, 0.25) is 0 Å². The highest BCUT2D eigenvalue weighted by Gasteiger charge is 2.32. The van der Waals surface area contributed by atoms with Crippen LogP contribution < -0.4 is 9.46 Å². The Balaban J connectivity index is 2.02. The molecule has 10 heteroatoms. The molecule has 2 amide bonds. The van der Waals surface area contributed by atoms with Crippen molar-refractivity contribution >= 4 is 22.0 Å². The molecule has 1 heterocycles. The maximum atomic E-state index is 13.1. The van der Waals surface area contributed by atoms with Crippen LogP contribution in [0.4, 0.5) is 4.79 Å². The number of benzene rings is 1. The molecule has 34 heavy (non-hydrogen) atoms. The number of sulfonamides is 1. The second-order valence-electron chi connectivity index (χ2n) is 10.0. The maximum Gasteiger partial charge on any atom is 0.410 e. The summed E-state index contributed by atoms with van der Waals surface area (Å²) in [6, 6.07) is 5.02. The number of carbonyl (C=O) groups excluding carboxylic acids is 2. The first kappa shape index (κ1) is 27.9. The van der Waals surface area contributed by atoms with E-state index in [4.69, 9.17) is 9.47 Å². The molecule has 0 aliphatic carbocycles. The molecule has 1 aliphatic heterocycles. The minimum atomic E-state index is -3.86. The first-order chi connectivity index (χ1) is 15.7. The Bertz CT molecular complexity index is 940. The van der Waals surface area contributed by atoms with Gasteiger partial charge in [0.2, 0.25) is 15.9 Å². The maximum absolute atomic E-state index is 13.1. The van der Waals surface area contributed by atoms with Crippen molar-refractivity contribution in [3.8, 4) is 5.75 Å². The molecule has 1 N–H and O–H groups in total. The molecule has 1 unspecified atom stereocenters. The molecule has 192 valence electrons. The number of amides is 2. The lowest BCUT2D eigenvalue weighted by molar-refractivity contribution is -0.134. The number of ether oxygens (including phenoxy) is 2.